The molecule has 0 radical (unpaired) electrons. The van der Waals surface area contributed by atoms with E-state index in [0.29, 0.717) is 0 Å². The van der Waals surface area contributed by atoms with Gasteiger partial charge >= 0.3 is 0 Å². The topological polar surface area (TPSA) is 43.1 Å². The lowest BCUT2D eigenvalue weighted by atomic mass is 10.1. The first-order valence-electron chi connectivity index (χ1n) is 2.91. The summed E-state index contributed by atoms with van der Waals surface area (Å²) in [5.74, 6) is 0.190. The van der Waals surface area contributed by atoms with Crippen molar-refractivity contribution in [1.29, 1.82) is 0 Å². The fraction of sp³-hybridized carbons (Fsp3) is 0.833. The monoisotopic (exact) mass is 147 g/mol. The van der Waals surface area contributed by atoms with Crippen LogP contribution in [0.1, 0.15) is 13.8 Å². The van der Waals surface area contributed by atoms with E-state index >= 15 is 0 Å². The maximum atomic E-state index is 10.9. The van der Waals surface area contributed by atoms with Crippen LogP contribution in [0.15, 0.2) is 0 Å². The molecule has 0 amide bonds. The standard InChI is InChI=1S/C6H13NOS/c1-4(2)5(8)6(7)9-3/h4,6H,7H2,1-3H3. The molecule has 0 aromatic carbocycles. The average molecular weight is 147 g/mol. The smallest absolute Gasteiger partial charge is 0.162 e. The van der Waals surface area contributed by atoms with E-state index in [0.717, 1.165) is 0 Å². The minimum atomic E-state index is -0.329. The lowest BCUT2D eigenvalue weighted by molar-refractivity contribution is -0.121. The second kappa shape index (κ2) is 3.90. The Kier molecular flexibility index (Phi) is 3.89. The Balaban J connectivity index is 3.73. The van der Waals surface area contributed by atoms with Crippen LogP contribution >= 0.6 is 11.8 Å². The Morgan fingerprint density at radius 1 is 1.56 bits per heavy atom. The van der Waals surface area contributed by atoms with E-state index in [9.17, 15) is 4.79 Å². The minimum Gasteiger partial charge on any atom is -0.313 e. The van der Waals surface area contributed by atoms with E-state index in [-0.39, 0.29) is 17.1 Å². The molecule has 1 unspecified atom stereocenters. The highest BCUT2D eigenvalue weighted by Crippen LogP contribution is 2.06. The maximum Gasteiger partial charge on any atom is 0.162 e. The van der Waals surface area contributed by atoms with Crippen molar-refractivity contribution in [2.24, 2.45) is 11.7 Å². The second-order valence-corrected chi connectivity index (χ2v) is 3.19. The molecule has 0 saturated carbocycles. The van der Waals surface area contributed by atoms with Gasteiger partial charge in [-0.05, 0) is 6.26 Å². The molecule has 0 aliphatic heterocycles. The molecular formula is C6H13NOS. The van der Waals surface area contributed by atoms with Crippen LogP contribution in [-0.2, 0) is 4.79 Å². The Morgan fingerprint density at radius 3 is 2.11 bits per heavy atom. The molecule has 0 aromatic heterocycles. The van der Waals surface area contributed by atoms with Gasteiger partial charge < -0.3 is 5.73 Å². The van der Waals surface area contributed by atoms with E-state index in [4.69, 9.17) is 5.73 Å². The molecule has 0 heterocycles. The summed E-state index contributed by atoms with van der Waals surface area (Å²) in [7, 11) is 0. The van der Waals surface area contributed by atoms with Gasteiger partial charge in [0, 0.05) is 5.92 Å². The molecule has 0 aromatic rings. The van der Waals surface area contributed by atoms with Gasteiger partial charge in [-0.1, -0.05) is 13.8 Å². The first kappa shape index (κ1) is 8.98. The molecule has 0 fully saturated rings. The summed E-state index contributed by atoms with van der Waals surface area (Å²) in [6.45, 7) is 3.72. The van der Waals surface area contributed by atoms with Crippen LogP contribution in [0.3, 0.4) is 0 Å². The number of Topliss-reactive ketones (excluding diaryl/α,β-unsaturated/α-hetero) is 1. The first-order valence-corrected chi connectivity index (χ1v) is 4.20. The SMILES string of the molecule is CSC(N)C(=O)C(C)C. The van der Waals surface area contributed by atoms with Crippen LogP contribution in [0.2, 0.25) is 0 Å². The number of rotatable bonds is 3. The normalized spacial score (nSPS) is 13.9. The number of ketones is 1. The zero-order valence-corrected chi connectivity index (χ0v) is 6.87. The molecular weight excluding hydrogens is 134 g/mol. The van der Waals surface area contributed by atoms with Crippen LogP contribution in [0, 0.1) is 5.92 Å². The van der Waals surface area contributed by atoms with Crippen molar-refractivity contribution in [1.82, 2.24) is 0 Å². The summed E-state index contributed by atoms with van der Waals surface area (Å²) in [5.41, 5.74) is 5.43. The average Bonchev–Trinajstić information content (AvgIpc) is 1.84. The summed E-state index contributed by atoms with van der Waals surface area (Å²) in [6.07, 6.45) is 1.84. The minimum absolute atomic E-state index is 0.0625. The molecule has 0 bridgehead atoms. The van der Waals surface area contributed by atoms with Crippen molar-refractivity contribution >= 4 is 17.5 Å². The summed E-state index contributed by atoms with van der Waals surface area (Å²) >= 11 is 1.39. The number of carbonyl (C=O) groups is 1. The lowest BCUT2D eigenvalue weighted by Crippen LogP contribution is -2.30. The molecule has 2 nitrogen and oxygen atoms in total. The molecule has 0 aliphatic carbocycles. The molecule has 2 N–H and O–H groups in total. The summed E-state index contributed by atoms with van der Waals surface area (Å²) in [5, 5.41) is -0.329. The maximum absolute atomic E-state index is 10.9. The molecule has 9 heavy (non-hydrogen) atoms. The second-order valence-electron chi connectivity index (χ2n) is 2.21. The molecule has 0 rings (SSSR count). The highest BCUT2D eigenvalue weighted by Gasteiger charge is 2.14. The van der Waals surface area contributed by atoms with Crippen molar-refractivity contribution in [2.75, 3.05) is 6.26 Å². The van der Waals surface area contributed by atoms with Crippen molar-refractivity contribution in [3.63, 3.8) is 0 Å². The van der Waals surface area contributed by atoms with E-state index in [1.165, 1.54) is 11.8 Å². The van der Waals surface area contributed by atoms with E-state index in [1.54, 1.807) is 0 Å². The Hall–Kier alpha value is -0.0200. The largest absolute Gasteiger partial charge is 0.313 e. The summed E-state index contributed by atoms with van der Waals surface area (Å²) < 4.78 is 0. The van der Waals surface area contributed by atoms with Gasteiger partial charge in [0.05, 0.1) is 0 Å². The number of hydrogen-bond donors (Lipinski definition) is 1. The number of thioether (sulfide) groups is 1. The quantitative estimate of drug-likeness (QED) is 0.602. The van der Waals surface area contributed by atoms with Gasteiger partial charge in [-0.15, -0.1) is 11.8 Å². The van der Waals surface area contributed by atoms with Crippen molar-refractivity contribution in [3.8, 4) is 0 Å². The molecule has 1 atom stereocenters. The number of hydrogen-bond acceptors (Lipinski definition) is 3. The van der Waals surface area contributed by atoms with Gasteiger partial charge in [-0.25, -0.2) is 0 Å². The van der Waals surface area contributed by atoms with Crippen LogP contribution in [0.4, 0.5) is 0 Å². The van der Waals surface area contributed by atoms with Crippen molar-refractivity contribution < 1.29 is 4.79 Å². The van der Waals surface area contributed by atoms with E-state index in [2.05, 4.69) is 0 Å². The molecule has 0 aliphatic rings. The number of carbonyl (C=O) groups excluding carboxylic acids is 1. The van der Waals surface area contributed by atoms with E-state index < -0.39 is 0 Å². The van der Waals surface area contributed by atoms with Crippen molar-refractivity contribution in [3.05, 3.63) is 0 Å². The third-order valence-corrected chi connectivity index (χ3v) is 1.84. The van der Waals surface area contributed by atoms with Gasteiger partial charge in [0.1, 0.15) is 5.37 Å². The third-order valence-electron chi connectivity index (χ3n) is 1.10. The highest BCUT2D eigenvalue weighted by molar-refractivity contribution is 7.99. The zero-order valence-electron chi connectivity index (χ0n) is 6.05. The van der Waals surface area contributed by atoms with Gasteiger partial charge in [0.2, 0.25) is 0 Å². The third kappa shape index (κ3) is 2.87. The van der Waals surface area contributed by atoms with Gasteiger partial charge in [-0.2, -0.15) is 0 Å². The Morgan fingerprint density at radius 2 is 2.00 bits per heavy atom. The van der Waals surface area contributed by atoms with E-state index in [1.807, 2.05) is 20.1 Å². The fourth-order valence-electron chi connectivity index (χ4n) is 0.445. The van der Waals surface area contributed by atoms with Crippen LogP contribution in [0.25, 0.3) is 0 Å². The number of nitrogens with two attached hydrogens (primary N) is 1. The fourth-order valence-corrected chi connectivity index (χ4v) is 0.949. The first-order chi connectivity index (χ1) is 4.09. The molecule has 54 valence electrons. The van der Waals surface area contributed by atoms with Gasteiger partial charge in [0.15, 0.2) is 5.78 Å². The predicted octanol–water partition coefficient (Wildman–Crippen LogP) is 0.859. The Labute approximate surface area is 60.2 Å². The highest BCUT2D eigenvalue weighted by atomic mass is 32.2. The van der Waals surface area contributed by atoms with Crippen LogP contribution in [0.5, 0.6) is 0 Å². The molecule has 3 heteroatoms. The summed E-state index contributed by atoms with van der Waals surface area (Å²) in [4.78, 5) is 10.9. The Bertz CT molecular complexity index is 103. The van der Waals surface area contributed by atoms with Crippen LogP contribution in [-0.4, -0.2) is 17.4 Å². The van der Waals surface area contributed by atoms with Gasteiger partial charge in [-0.3, -0.25) is 4.79 Å². The molecule has 0 spiro atoms. The van der Waals surface area contributed by atoms with Crippen molar-refractivity contribution in [2.45, 2.75) is 19.2 Å². The summed E-state index contributed by atoms with van der Waals surface area (Å²) in [6, 6.07) is 0. The lowest BCUT2D eigenvalue weighted by Gasteiger charge is -2.08. The van der Waals surface area contributed by atoms with Crippen LogP contribution < -0.4 is 5.73 Å². The molecule has 0 saturated heterocycles. The predicted molar refractivity (Wildman–Crippen MR) is 41.3 cm³/mol. The van der Waals surface area contributed by atoms with Gasteiger partial charge in [0.25, 0.3) is 0 Å². The zero-order chi connectivity index (χ0) is 7.44.